The van der Waals surface area contributed by atoms with Gasteiger partial charge in [0.2, 0.25) is 0 Å². The van der Waals surface area contributed by atoms with Crippen molar-refractivity contribution in [3.63, 3.8) is 0 Å². The van der Waals surface area contributed by atoms with Crippen LogP contribution in [0.4, 0.5) is 11.5 Å². The van der Waals surface area contributed by atoms with Crippen molar-refractivity contribution < 1.29 is 8.42 Å². The minimum Gasteiger partial charge on any atom is -0.339 e. The lowest BCUT2D eigenvalue weighted by Gasteiger charge is -2.09. The van der Waals surface area contributed by atoms with Gasteiger partial charge in [0.15, 0.2) is 5.82 Å². The van der Waals surface area contributed by atoms with Gasteiger partial charge < -0.3 is 10.6 Å². The van der Waals surface area contributed by atoms with E-state index in [4.69, 9.17) is 0 Å². The zero-order valence-electron chi connectivity index (χ0n) is 18.6. The molecule has 0 saturated carbocycles. The largest absolute Gasteiger partial charge is 0.339 e. The van der Waals surface area contributed by atoms with E-state index in [1.54, 1.807) is 60.0 Å². The first-order valence-electron chi connectivity index (χ1n) is 11.3. The second-order valence-corrected chi connectivity index (χ2v) is 11.2. The van der Waals surface area contributed by atoms with E-state index in [0.29, 0.717) is 11.3 Å². The van der Waals surface area contributed by atoms with Gasteiger partial charge in [0, 0.05) is 17.3 Å². The molecule has 0 radical (unpaired) electrons. The van der Waals surface area contributed by atoms with Crippen molar-refractivity contribution in [3.05, 3.63) is 78.1 Å². The van der Waals surface area contributed by atoms with Gasteiger partial charge in [-0.2, -0.15) is 0 Å². The highest BCUT2D eigenvalue weighted by molar-refractivity contribution is 7.90. The molecule has 0 aliphatic carbocycles. The molecule has 1 atom stereocenters. The Hall–Kier alpha value is -3.71. The van der Waals surface area contributed by atoms with Crippen LogP contribution in [0.2, 0.25) is 0 Å². The zero-order valence-corrected chi connectivity index (χ0v) is 20.2. The number of aromatic nitrogens is 3. The van der Waals surface area contributed by atoms with Crippen LogP contribution in [0.1, 0.15) is 17.7 Å². The molecule has 6 rings (SSSR count). The molecule has 7 nitrogen and oxygen atoms in total. The number of nitrogens with one attached hydrogen (secondary N) is 2. The molecule has 4 heterocycles. The summed E-state index contributed by atoms with van der Waals surface area (Å²) in [6.45, 7) is 1.03. The number of nitrogens with zero attached hydrogens (tertiary/aromatic N) is 3. The summed E-state index contributed by atoms with van der Waals surface area (Å²) >= 11 is 1.56. The van der Waals surface area contributed by atoms with Crippen molar-refractivity contribution in [1.29, 1.82) is 0 Å². The third-order valence-corrected chi connectivity index (χ3v) is 8.71. The molecular formula is C26H21N5O2S2. The maximum atomic E-state index is 13.1. The molecule has 0 spiro atoms. The maximum Gasteiger partial charge on any atom is 0.268 e. The summed E-state index contributed by atoms with van der Waals surface area (Å²) in [4.78, 5) is 10.1. The van der Waals surface area contributed by atoms with Crippen LogP contribution in [0.25, 0.3) is 21.1 Å². The van der Waals surface area contributed by atoms with Crippen molar-refractivity contribution in [2.24, 2.45) is 0 Å². The van der Waals surface area contributed by atoms with Gasteiger partial charge in [-0.1, -0.05) is 30.0 Å². The van der Waals surface area contributed by atoms with E-state index in [-0.39, 0.29) is 10.9 Å². The second-order valence-electron chi connectivity index (χ2n) is 8.29. The van der Waals surface area contributed by atoms with E-state index < -0.39 is 10.0 Å². The average molecular weight is 500 g/mol. The van der Waals surface area contributed by atoms with E-state index in [0.717, 1.165) is 45.6 Å². The van der Waals surface area contributed by atoms with Gasteiger partial charge in [0.25, 0.3) is 10.0 Å². The predicted molar refractivity (Wildman–Crippen MR) is 140 cm³/mol. The van der Waals surface area contributed by atoms with Crippen molar-refractivity contribution in [3.8, 4) is 11.8 Å². The van der Waals surface area contributed by atoms with E-state index in [1.165, 1.54) is 10.3 Å². The fraction of sp³-hybridized carbons (Fsp3) is 0.154. The molecule has 1 aliphatic heterocycles. The Bertz CT molecular complexity index is 1710. The lowest BCUT2D eigenvalue weighted by atomic mass is 10.2. The monoisotopic (exact) mass is 499 g/mol. The quantitative estimate of drug-likeness (QED) is 0.348. The van der Waals surface area contributed by atoms with Crippen LogP contribution >= 0.6 is 11.3 Å². The minimum absolute atomic E-state index is 0.253. The van der Waals surface area contributed by atoms with E-state index in [9.17, 15) is 8.42 Å². The maximum absolute atomic E-state index is 13.1. The minimum atomic E-state index is -3.67. The summed E-state index contributed by atoms with van der Waals surface area (Å²) in [5.74, 6) is 7.27. The van der Waals surface area contributed by atoms with Crippen LogP contribution in [0.3, 0.4) is 0 Å². The molecule has 5 aromatic rings. The summed E-state index contributed by atoms with van der Waals surface area (Å²) in [5, 5.41) is 7.57. The van der Waals surface area contributed by atoms with Gasteiger partial charge in [0.1, 0.15) is 6.33 Å². The molecule has 2 aromatic carbocycles. The van der Waals surface area contributed by atoms with Crippen molar-refractivity contribution in [1.82, 2.24) is 19.3 Å². The molecule has 35 heavy (non-hydrogen) atoms. The number of benzene rings is 2. The average Bonchev–Trinajstić information content (AvgIpc) is 3.63. The predicted octanol–water partition coefficient (Wildman–Crippen LogP) is 4.73. The van der Waals surface area contributed by atoms with Crippen LogP contribution in [0, 0.1) is 11.8 Å². The molecular weight excluding hydrogens is 478 g/mol. The van der Waals surface area contributed by atoms with Gasteiger partial charge in [-0.25, -0.2) is 22.4 Å². The first kappa shape index (κ1) is 21.8. The van der Waals surface area contributed by atoms with Crippen LogP contribution in [-0.2, 0) is 10.0 Å². The molecule has 1 aliphatic rings. The number of thiophene rings is 1. The Morgan fingerprint density at radius 2 is 1.97 bits per heavy atom. The summed E-state index contributed by atoms with van der Waals surface area (Å²) in [5.41, 5.74) is 2.27. The second kappa shape index (κ2) is 8.82. The summed E-state index contributed by atoms with van der Waals surface area (Å²) in [6.07, 6.45) is 5.37. The standard InChI is InChI=1S/C26H21N5O2S2/c32-35(33,22-6-2-1-3-7-22)31-14-12-18-15-20(9-11-24(18)31)30-26-25-23(28-17-29-26)16-21(34-25)10-8-19-5-4-13-27-19/h1-3,6-7,9,11-12,14-17,19,27H,4-5,13H2,(H,28,29,30)/t19-/m1/s1. The third-order valence-electron chi connectivity index (χ3n) is 5.96. The number of hydrogen-bond donors (Lipinski definition) is 2. The first-order chi connectivity index (χ1) is 17.1. The van der Waals surface area contributed by atoms with Gasteiger partial charge in [0.05, 0.1) is 31.5 Å². The van der Waals surface area contributed by atoms with Crippen LogP contribution in [0.5, 0.6) is 0 Å². The molecule has 3 aromatic heterocycles. The van der Waals surface area contributed by atoms with Crippen molar-refractivity contribution >= 4 is 54.0 Å². The lowest BCUT2D eigenvalue weighted by molar-refractivity contribution is 0.589. The molecule has 0 bridgehead atoms. The first-order valence-corrected chi connectivity index (χ1v) is 13.5. The highest BCUT2D eigenvalue weighted by atomic mass is 32.2. The summed E-state index contributed by atoms with van der Waals surface area (Å²) < 4.78 is 28.4. The summed E-state index contributed by atoms with van der Waals surface area (Å²) in [7, 11) is -3.67. The SMILES string of the molecule is O=S(=O)(c1ccccc1)n1ccc2cc(Nc3ncnc4cc(C#C[C@H]5CCCN5)sc34)ccc21. The summed E-state index contributed by atoms with van der Waals surface area (Å²) in [6, 6.07) is 18.1. The number of rotatable bonds is 4. The van der Waals surface area contributed by atoms with Gasteiger partial charge >= 0.3 is 0 Å². The smallest absolute Gasteiger partial charge is 0.268 e. The Morgan fingerprint density at radius 3 is 2.80 bits per heavy atom. The number of hydrogen-bond acceptors (Lipinski definition) is 7. The van der Waals surface area contributed by atoms with Crippen LogP contribution in [0.15, 0.2) is 78.1 Å². The third kappa shape index (κ3) is 4.17. The van der Waals surface area contributed by atoms with Crippen LogP contribution < -0.4 is 10.6 Å². The van der Waals surface area contributed by atoms with E-state index in [1.807, 2.05) is 18.2 Å². The van der Waals surface area contributed by atoms with Crippen LogP contribution in [-0.4, -0.2) is 34.9 Å². The van der Waals surface area contributed by atoms with Gasteiger partial charge in [-0.15, -0.1) is 11.3 Å². The lowest BCUT2D eigenvalue weighted by Crippen LogP contribution is -2.18. The normalized spacial score (nSPS) is 15.8. The van der Waals surface area contributed by atoms with Gasteiger partial charge in [-0.3, -0.25) is 0 Å². The van der Waals surface area contributed by atoms with Crippen molar-refractivity contribution in [2.75, 3.05) is 11.9 Å². The fourth-order valence-corrected chi connectivity index (χ4v) is 6.51. The molecule has 2 N–H and O–H groups in total. The Labute approximate surface area is 206 Å². The molecule has 9 heteroatoms. The molecule has 0 amide bonds. The Balaban J connectivity index is 1.30. The van der Waals surface area contributed by atoms with E-state index in [2.05, 4.69) is 32.4 Å². The van der Waals surface area contributed by atoms with E-state index >= 15 is 0 Å². The highest BCUT2D eigenvalue weighted by Crippen LogP contribution is 2.32. The highest BCUT2D eigenvalue weighted by Gasteiger charge is 2.19. The molecule has 1 fully saturated rings. The van der Waals surface area contributed by atoms with Crippen molar-refractivity contribution in [2.45, 2.75) is 23.8 Å². The Morgan fingerprint density at radius 1 is 1.09 bits per heavy atom. The van der Waals surface area contributed by atoms with Gasteiger partial charge in [-0.05, 0) is 61.9 Å². The molecule has 0 unspecified atom stereocenters. The zero-order chi connectivity index (χ0) is 23.8. The Kier molecular flexibility index (Phi) is 5.49. The molecule has 174 valence electrons. The topological polar surface area (TPSA) is 88.9 Å². The fourth-order valence-electron chi connectivity index (χ4n) is 4.22. The number of anilines is 2. The molecule has 1 saturated heterocycles. The number of fused-ring (bicyclic) bond motifs is 2.